The van der Waals surface area contributed by atoms with Crippen LogP contribution in [0, 0.1) is 0 Å². The number of carbonyl (C=O) groups excluding carboxylic acids is 1. The van der Waals surface area contributed by atoms with Gasteiger partial charge in [0.15, 0.2) is 0 Å². The average Bonchev–Trinajstić information content (AvgIpc) is 3.28. The van der Waals surface area contributed by atoms with Crippen molar-refractivity contribution in [3.8, 4) is 0 Å². The van der Waals surface area contributed by atoms with Crippen molar-refractivity contribution in [1.29, 1.82) is 0 Å². The molecule has 3 nitrogen and oxygen atoms in total. The Hall–Kier alpha value is -2.85. The standard InChI is InChI=1S/C22H20N2OS/c1-16(18-10-6-3-7-11-18)24-19-12-13-26-21(19)14-20(24)22(25)23-15-17-8-4-2-5-9-17/h2-14,16H,15H2,1H3,(H,23,25). The number of carbonyl (C=O) groups is 1. The van der Waals surface area contributed by atoms with Gasteiger partial charge in [-0.05, 0) is 35.6 Å². The summed E-state index contributed by atoms with van der Waals surface area (Å²) in [5.74, 6) is -0.0416. The van der Waals surface area contributed by atoms with Gasteiger partial charge < -0.3 is 9.88 Å². The monoisotopic (exact) mass is 360 g/mol. The summed E-state index contributed by atoms with van der Waals surface area (Å²) < 4.78 is 3.28. The van der Waals surface area contributed by atoms with E-state index in [1.54, 1.807) is 11.3 Å². The fraction of sp³-hybridized carbons (Fsp3) is 0.136. The zero-order chi connectivity index (χ0) is 17.9. The van der Waals surface area contributed by atoms with E-state index < -0.39 is 0 Å². The fourth-order valence-corrected chi connectivity index (χ4v) is 4.10. The van der Waals surface area contributed by atoms with Gasteiger partial charge in [-0.15, -0.1) is 11.3 Å². The van der Waals surface area contributed by atoms with Gasteiger partial charge in [-0.2, -0.15) is 0 Å². The molecule has 130 valence electrons. The van der Waals surface area contributed by atoms with Crippen LogP contribution in [-0.2, 0) is 6.54 Å². The first kappa shape index (κ1) is 16.6. The van der Waals surface area contributed by atoms with Crippen LogP contribution in [-0.4, -0.2) is 10.5 Å². The Morgan fingerprint density at radius 3 is 2.46 bits per heavy atom. The molecule has 26 heavy (non-hydrogen) atoms. The SMILES string of the molecule is CC(c1ccccc1)n1c(C(=O)NCc2ccccc2)cc2sccc21. The van der Waals surface area contributed by atoms with E-state index in [4.69, 9.17) is 0 Å². The Morgan fingerprint density at radius 2 is 1.73 bits per heavy atom. The van der Waals surface area contributed by atoms with E-state index in [2.05, 4.69) is 40.4 Å². The van der Waals surface area contributed by atoms with E-state index in [0.717, 1.165) is 15.8 Å². The number of thiophene rings is 1. The number of rotatable bonds is 5. The molecule has 2 aromatic carbocycles. The molecule has 0 bridgehead atoms. The molecule has 1 amide bonds. The van der Waals surface area contributed by atoms with Gasteiger partial charge in [-0.3, -0.25) is 4.79 Å². The van der Waals surface area contributed by atoms with Crippen LogP contribution in [0.15, 0.2) is 78.2 Å². The lowest BCUT2D eigenvalue weighted by Gasteiger charge is -2.19. The first-order valence-electron chi connectivity index (χ1n) is 8.69. The molecule has 1 N–H and O–H groups in total. The third-order valence-corrected chi connectivity index (χ3v) is 5.51. The van der Waals surface area contributed by atoms with Crippen molar-refractivity contribution in [2.45, 2.75) is 19.5 Å². The normalized spacial score (nSPS) is 12.2. The van der Waals surface area contributed by atoms with Gasteiger partial charge in [0, 0.05) is 6.54 Å². The van der Waals surface area contributed by atoms with Crippen molar-refractivity contribution in [2.24, 2.45) is 0 Å². The second-order valence-electron chi connectivity index (χ2n) is 6.32. The molecule has 0 aliphatic heterocycles. The summed E-state index contributed by atoms with van der Waals surface area (Å²) in [6, 6.07) is 24.5. The molecule has 0 fully saturated rings. The topological polar surface area (TPSA) is 34.0 Å². The number of benzene rings is 2. The Labute approximate surface area is 156 Å². The number of hydrogen-bond donors (Lipinski definition) is 1. The number of aromatic nitrogens is 1. The van der Waals surface area contributed by atoms with Crippen LogP contribution < -0.4 is 5.32 Å². The lowest BCUT2D eigenvalue weighted by molar-refractivity contribution is 0.0941. The molecule has 0 aliphatic carbocycles. The molecular weight excluding hydrogens is 340 g/mol. The number of fused-ring (bicyclic) bond motifs is 1. The van der Waals surface area contributed by atoms with Crippen molar-refractivity contribution in [3.63, 3.8) is 0 Å². The predicted molar refractivity (Wildman–Crippen MR) is 108 cm³/mol. The Kier molecular flexibility index (Phi) is 4.59. The maximum atomic E-state index is 12.9. The summed E-state index contributed by atoms with van der Waals surface area (Å²) in [5, 5.41) is 5.13. The smallest absolute Gasteiger partial charge is 0.268 e. The molecule has 0 spiro atoms. The maximum Gasteiger partial charge on any atom is 0.268 e. The van der Waals surface area contributed by atoms with Crippen molar-refractivity contribution in [3.05, 3.63) is 95.0 Å². The van der Waals surface area contributed by atoms with Crippen LogP contribution in [0.25, 0.3) is 10.2 Å². The maximum absolute atomic E-state index is 12.9. The minimum atomic E-state index is -0.0416. The molecule has 1 atom stereocenters. The Morgan fingerprint density at radius 1 is 1.04 bits per heavy atom. The third-order valence-electron chi connectivity index (χ3n) is 4.66. The van der Waals surface area contributed by atoms with Gasteiger partial charge in [0.05, 0.1) is 16.3 Å². The third kappa shape index (κ3) is 3.16. The van der Waals surface area contributed by atoms with Crippen LogP contribution in [0.3, 0.4) is 0 Å². The molecule has 1 unspecified atom stereocenters. The fourth-order valence-electron chi connectivity index (χ4n) is 3.29. The Balaban J connectivity index is 1.66. The summed E-state index contributed by atoms with van der Waals surface area (Å²) >= 11 is 1.67. The minimum Gasteiger partial charge on any atom is -0.347 e. The zero-order valence-corrected chi connectivity index (χ0v) is 15.4. The predicted octanol–water partition coefficient (Wildman–Crippen LogP) is 5.24. The number of hydrogen-bond acceptors (Lipinski definition) is 2. The van der Waals surface area contributed by atoms with Crippen molar-refractivity contribution in [2.75, 3.05) is 0 Å². The van der Waals surface area contributed by atoms with Crippen LogP contribution in [0.4, 0.5) is 0 Å². The van der Waals surface area contributed by atoms with Crippen LogP contribution in [0.2, 0.25) is 0 Å². The molecule has 4 rings (SSSR count). The lowest BCUT2D eigenvalue weighted by Crippen LogP contribution is -2.26. The highest BCUT2D eigenvalue weighted by molar-refractivity contribution is 7.17. The van der Waals surface area contributed by atoms with E-state index in [0.29, 0.717) is 12.2 Å². The van der Waals surface area contributed by atoms with Crippen LogP contribution in [0.5, 0.6) is 0 Å². The molecule has 0 radical (unpaired) electrons. The van der Waals surface area contributed by atoms with Gasteiger partial charge in [-0.1, -0.05) is 60.7 Å². The van der Waals surface area contributed by atoms with Crippen LogP contribution in [0.1, 0.15) is 34.6 Å². The van der Waals surface area contributed by atoms with Gasteiger partial charge >= 0.3 is 0 Å². The molecular formula is C22H20N2OS. The molecule has 0 saturated heterocycles. The highest BCUT2D eigenvalue weighted by atomic mass is 32.1. The summed E-state index contributed by atoms with van der Waals surface area (Å²) in [4.78, 5) is 12.9. The number of nitrogens with zero attached hydrogens (tertiary/aromatic N) is 1. The average molecular weight is 360 g/mol. The van der Waals surface area contributed by atoms with Gasteiger partial charge in [-0.25, -0.2) is 0 Å². The highest BCUT2D eigenvalue weighted by Gasteiger charge is 2.20. The molecule has 0 aliphatic rings. The van der Waals surface area contributed by atoms with Crippen molar-refractivity contribution < 1.29 is 4.79 Å². The van der Waals surface area contributed by atoms with Crippen molar-refractivity contribution >= 4 is 27.5 Å². The highest BCUT2D eigenvalue weighted by Crippen LogP contribution is 2.31. The van der Waals surface area contributed by atoms with Gasteiger partial charge in [0.2, 0.25) is 0 Å². The van der Waals surface area contributed by atoms with E-state index in [1.165, 1.54) is 5.56 Å². The number of nitrogens with one attached hydrogen (secondary N) is 1. The summed E-state index contributed by atoms with van der Waals surface area (Å²) in [5.41, 5.74) is 4.10. The molecule has 2 heterocycles. The number of amides is 1. The first-order valence-corrected chi connectivity index (χ1v) is 9.57. The Bertz CT molecular complexity index is 1020. The second-order valence-corrected chi connectivity index (χ2v) is 7.27. The molecule has 2 aromatic heterocycles. The second kappa shape index (κ2) is 7.18. The summed E-state index contributed by atoms with van der Waals surface area (Å²) in [7, 11) is 0. The molecule has 4 heteroatoms. The zero-order valence-electron chi connectivity index (χ0n) is 14.6. The quantitative estimate of drug-likeness (QED) is 0.519. The van der Waals surface area contributed by atoms with E-state index >= 15 is 0 Å². The van der Waals surface area contributed by atoms with Crippen LogP contribution >= 0.6 is 11.3 Å². The van der Waals surface area contributed by atoms with E-state index in [-0.39, 0.29) is 11.9 Å². The largest absolute Gasteiger partial charge is 0.347 e. The first-order chi connectivity index (χ1) is 12.7. The van der Waals surface area contributed by atoms with Gasteiger partial charge in [0.25, 0.3) is 5.91 Å². The van der Waals surface area contributed by atoms with Crippen molar-refractivity contribution in [1.82, 2.24) is 9.88 Å². The van der Waals surface area contributed by atoms with Gasteiger partial charge in [0.1, 0.15) is 5.69 Å². The molecule has 4 aromatic rings. The lowest BCUT2D eigenvalue weighted by atomic mass is 10.1. The van der Waals surface area contributed by atoms with E-state index in [1.807, 2.05) is 54.6 Å². The summed E-state index contributed by atoms with van der Waals surface area (Å²) in [6.45, 7) is 2.67. The minimum absolute atomic E-state index is 0.0416. The summed E-state index contributed by atoms with van der Waals surface area (Å²) in [6.07, 6.45) is 0. The molecule has 0 saturated carbocycles. The van der Waals surface area contributed by atoms with E-state index in [9.17, 15) is 4.79 Å².